The molecular weight excluding hydrogens is 255 g/mol. The highest BCUT2D eigenvalue weighted by molar-refractivity contribution is 6.45. The Morgan fingerprint density at radius 3 is 2.43 bits per heavy atom. The highest BCUT2D eigenvalue weighted by Gasteiger charge is 2.20. The average Bonchev–Trinajstić information content (AvgIpc) is 2.02. The van der Waals surface area contributed by atoms with E-state index in [0.717, 1.165) is 12.1 Å². The predicted molar refractivity (Wildman–Crippen MR) is 52.5 cm³/mol. The maximum atomic E-state index is 12.9. The molecule has 0 amide bonds. The number of nitro groups is 1. The van der Waals surface area contributed by atoms with Crippen molar-refractivity contribution in [3.8, 4) is 0 Å². The first-order valence-corrected chi connectivity index (χ1v) is 4.60. The van der Waals surface area contributed by atoms with Crippen molar-refractivity contribution >= 4 is 40.5 Å². The Hall–Kier alpha value is -0.580. The van der Waals surface area contributed by atoms with E-state index < -0.39 is 21.3 Å². The number of hydrogen-bond donors (Lipinski definition) is 0. The highest BCUT2D eigenvalue weighted by Crippen LogP contribution is 2.34. The van der Waals surface area contributed by atoms with Crippen LogP contribution in [0.5, 0.6) is 0 Å². The fraction of sp³-hybridized carbons (Fsp3) is 0.143. The number of rotatable bonds is 2. The van der Waals surface area contributed by atoms with Crippen molar-refractivity contribution in [1.29, 1.82) is 0 Å². The van der Waals surface area contributed by atoms with Crippen molar-refractivity contribution < 1.29 is 9.31 Å². The summed E-state index contributed by atoms with van der Waals surface area (Å²) in [6, 6.07) is 1.73. The van der Waals surface area contributed by atoms with E-state index in [4.69, 9.17) is 34.8 Å². The molecule has 1 aromatic rings. The van der Waals surface area contributed by atoms with E-state index in [9.17, 15) is 14.5 Å². The Labute approximate surface area is 93.5 Å². The van der Waals surface area contributed by atoms with Crippen LogP contribution >= 0.6 is 34.8 Å². The number of hydrogen-bond acceptors (Lipinski definition) is 2. The molecule has 0 bridgehead atoms. The van der Waals surface area contributed by atoms with Crippen LogP contribution in [0.25, 0.3) is 0 Å². The van der Waals surface area contributed by atoms with Crippen LogP contribution in [0.4, 0.5) is 10.1 Å². The molecule has 76 valence electrons. The summed E-state index contributed by atoms with van der Waals surface area (Å²) in [5.41, 5.74) is -0.584. The maximum Gasteiger partial charge on any atom is 0.305 e. The van der Waals surface area contributed by atoms with Crippen LogP contribution < -0.4 is 0 Å². The average molecular weight is 258 g/mol. The Bertz CT molecular complexity index is 383. The molecule has 0 aliphatic carbocycles. The molecule has 1 rings (SSSR count). The predicted octanol–water partition coefficient (Wildman–Crippen LogP) is 3.86. The number of alkyl halides is 2. The first-order chi connectivity index (χ1) is 6.43. The molecular formula is C7H3Cl3FNO2. The molecule has 0 spiro atoms. The number of nitro benzene ring substituents is 1. The van der Waals surface area contributed by atoms with Gasteiger partial charge in [0.1, 0.15) is 4.84 Å². The summed E-state index contributed by atoms with van der Waals surface area (Å²) in [6.07, 6.45) is 0. The third kappa shape index (κ3) is 2.26. The molecule has 0 aromatic heterocycles. The largest absolute Gasteiger partial charge is 0.305 e. The molecule has 14 heavy (non-hydrogen) atoms. The molecule has 0 aliphatic heterocycles. The van der Waals surface area contributed by atoms with Crippen LogP contribution in [0.3, 0.4) is 0 Å². The fourth-order valence-corrected chi connectivity index (χ4v) is 1.59. The Kier molecular flexibility index (Phi) is 3.53. The summed E-state index contributed by atoms with van der Waals surface area (Å²) in [5, 5.41) is 10.3. The topological polar surface area (TPSA) is 43.1 Å². The second-order valence-corrected chi connectivity index (χ2v) is 3.89. The summed E-state index contributed by atoms with van der Waals surface area (Å²) in [6.45, 7) is 0. The normalized spacial score (nSPS) is 10.6. The molecule has 0 unspecified atom stereocenters. The van der Waals surface area contributed by atoms with Gasteiger partial charge in [-0.2, -0.15) is 4.39 Å². The van der Waals surface area contributed by atoms with Gasteiger partial charge in [0.05, 0.1) is 4.92 Å². The van der Waals surface area contributed by atoms with Gasteiger partial charge in [-0.05, 0) is 6.07 Å². The highest BCUT2D eigenvalue weighted by atomic mass is 35.5. The lowest BCUT2D eigenvalue weighted by Gasteiger charge is -2.04. The van der Waals surface area contributed by atoms with Gasteiger partial charge in [0, 0.05) is 16.7 Å². The Morgan fingerprint density at radius 1 is 1.43 bits per heavy atom. The summed E-state index contributed by atoms with van der Waals surface area (Å²) in [5.74, 6) is -1.02. The van der Waals surface area contributed by atoms with Gasteiger partial charge in [0.25, 0.3) is 0 Å². The van der Waals surface area contributed by atoms with E-state index in [1.165, 1.54) is 0 Å². The number of benzene rings is 1. The molecule has 0 atom stereocenters. The molecule has 0 aliphatic rings. The lowest BCUT2D eigenvalue weighted by atomic mass is 10.2. The van der Waals surface area contributed by atoms with Crippen molar-refractivity contribution in [2.75, 3.05) is 0 Å². The van der Waals surface area contributed by atoms with Gasteiger partial charge < -0.3 is 0 Å². The molecule has 0 fully saturated rings. The number of halogens is 4. The maximum absolute atomic E-state index is 12.9. The van der Waals surface area contributed by atoms with Gasteiger partial charge in [0.15, 0.2) is 0 Å². The van der Waals surface area contributed by atoms with E-state index in [-0.39, 0.29) is 10.6 Å². The SMILES string of the molecule is O=[N+]([O-])c1cc(C(Cl)Cl)c(Cl)cc1F. The zero-order valence-corrected chi connectivity index (χ0v) is 8.78. The number of nitrogens with zero attached hydrogens (tertiary/aromatic N) is 1. The van der Waals surface area contributed by atoms with Crippen molar-refractivity contribution in [2.45, 2.75) is 4.84 Å². The molecule has 3 nitrogen and oxygen atoms in total. The fourth-order valence-electron chi connectivity index (χ4n) is 0.861. The molecule has 0 heterocycles. The first-order valence-electron chi connectivity index (χ1n) is 3.35. The Morgan fingerprint density at radius 2 is 2.00 bits per heavy atom. The third-order valence-electron chi connectivity index (χ3n) is 1.50. The summed E-state index contributed by atoms with van der Waals surface area (Å²) in [4.78, 5) is 8.45. The van der Waals surface area contributed by atoms with E-state index in [0.29, 0.717) is 0 Å². The molecule has 0 saturated carbocycles. The summed E-state index contributed by atoms with van der Waals surface area (Å²) >= 11 is 16.5. The minimum atomic E-state index is -1.03. The van der Waals surface area contributed by atoms with Gasteiger partial charge in [0.2, 0.25) is 5.82 Å². The van der Waals surface area contributed by atoms with Gasteiger partial charge in [-0.1, -0.05) is 11.6 Å². The van der Waals surface area contributed by atoms with E-state index in [2.05, 4.69) is 0 Å². The van der Waals surface area contributed by atoms with Crippen LogP contribution in [-0.2, 0) is 0 Å². The second-order valence-electron chi connectivity index (χ2n) is 2.38. The van der Waals surface area contributed by atoms with Crippen molar-refractivity contribution in [3.05, 3.63) is 38.7 Å². The van der Waals surface area contributed by atoms with Crippen LogP contribution in [0.1, 0.15) is 10.4 Å². The lowest BCUT2D eigenvalue weighted by Crippen LogP contribution is -1.95. The van der Waals surface area contributed by atoms with Crippen molar-refractivity contribution in [3.63, 3.8) is 0 Å². The minimum Gasteiger partial charge on any atom is -0.258 e. The summed E-state index contributed by atoms with van der Waals surface area (Å²) < 4.78 is 12.9. The van der Waals surface area contributed by atoms with Gasteiger partial charge in [-0.15, -0.1) is 23.2 Å². The molecule has 7 heteroatoms. The zero-order valence-electron chi connectivity index (χ0n) is 6.51. The minimum absolute atomic E-state index is 0.0388. The van der Waals surface area contributed by atoms with Crippen LogP contribution in [0.15, 0.2) is 12.1 Å². The zero-order chi connectivity index (χ0) is 10.9. The van der Waals surface area contributed by atoms with Crippen molar-refractivity contribution in [1.82, 2.24) is 0 Å². The quantitative estimate of drug-likeness (QED) is 0.459. The first kappa shape index (κ1) is 11.5. The van der Waals surface area contributed by atoms with Crippen LogP contribution in [-0.4, -0.2) is 4.92 Å². The van der Waals surface area contributed by atoms with Gasteiger partial charge in [-0.3, -0.25) is 10.1 Å². The van der Waals surface area contributed by atoms with Gasteiger partial charge in [-0.25, -0.2) is 0 Å². The lowest BCUT2D eigenvalue weighted by molar-refractivity contribution is -0.387. The van der Waals surface area contributed by atoms with Gasteiger partial charge >= 0.3 is 5.69 Å². The third-order valence-corrected chi connectivity index (χ3v) is 2.30. The Balaban J connectivity index is 3.34. The van der Waals surface area contributed by atoms with E-state index in [1.54, 1.807) is 0 Å². The second kappa shape index (κ2) is 4.29. The monoisotopic (exact) mass is 257 g/mol. The molecule has 0 radical (unpaired) electrons. The summed E-state index contributed by atoms with van der Waals surface area (Å²) in [7, 11) is 0. The van der Waals surface area contributed by atoms with E-state index in [1.807, 2.05) is 0 Å². The smallest absolute Gasteiger partial charge is 0.258 e. The standard InChI is InChI=1S/C7H3Cl3FNO2/c8-4-2-5(11)6(12(13)14)1-3(4)7(9)10/h1-2,7H. The molecule has 0 N–H and O–H groups in total. The van der Waals surface area contributed by atoms with Crippen molar-refractivity contribution in [2.24, 2.45) is 0 Å². The molecule has 1 aromatic carbocycles. The molecule has 0 saturated heterocycles. The van der Waals surface area contributed by atoms with E-state index >= 15 is 0 Å². The van der Waals surface area contributed by atoms with Crippen LogP contribution in [0, 0.1) is 15.9 Å². The van der Waals surface area contributed by atoms with Crippen LogP contribution in [0.2, 0.25) is 5.02 Å².